The lowest BCUT2D eigenvalue weighted by atomic mass is 10.1. The fraction of sp³-hybridized carbons (Fsp3) is 0.500. The number of alkyl halides is 1. The predicted octanol–water partition coefficient (Wildman–Crippen LogP) is -0.655. The van der Waals surface area contributed by atoms with E-state index in [4.69, 9.17) is 5.73 Å². The van der Waals surface area contributed by atoms with Crippen molar-refractivity contribution in [2.45, 2.75) is 18.6 Å². The Morgan fingerprint density at radius 1 is 1.50 bits per heavy atom. The highest BCUT2D eigenvalue weighted by Crippen LogP contribution is 2.21. The number of nitrogens with zero attached hydrogens (tertiary/aromatic N) is 2. The first-order chi connectivity index (χ1) is 10.4. The topological polar surface area (TPSA) is 99.5 Å². The standard InChI is InChI=1S/C14H19FN4O3/c1-18(14(22)9-2-3-13(21)17-5-9)7-11-4-10(15)6-19(11)8-12(16)20/h2-3,5,10-11H,4,6-8H2,1H3,(H2,16,20)(H,17,21)/t10-,11-/m0/s1. The molecule has 22 heavy (non-hydrogen) atoms. The van der Waals surface area contributed by atoms with Crippen molar-refractivity contribution in [2.75, 3.05) is 26.7 Å². The van der Waals surface area contributed by atoms with Crippen molar-refractivity contribution in [1.82, 2.24) is 14.8 Å². The maximum Gasteiger partial charge on any atom is 0.255 e. The highest BCUT2D eigenvalue weighted by Gasteiger charge is 2.34. The van der Waals surface area contributed by atoms with Gasteiger partial charge in [-0.1, -0.05) is 0 Å². The van der Waals surface area contributed by atoms with Gasteiger partial charge in [-0.05, 0) is 12.5 Å². The van der Waals surface area contributed by atoms with Gasteiger partial charge in [0.15, 0.2) is 0 Å². The molecule has 3 N–H and O–H groups in total. The van der Waals surface area contributed by atoms with Crippen molar-refractivity contribution in [1.29, 1.82) is 0 Å². The lowest BCUT2D eigenvalue weighted by molar-refractivity contribution is -0.119. The Kier molecular flexibility index (Phi) is 4.92. The van der Waals surface area contributed by atoms with Crippen molar-refractivity contribution in [2.24, 2.45) is 5.73 Å². The van der Waals surface area contributed by atoms with Crippen LogP contribution in [-0.4, -0.2) is 65.5 Å². The third kappa shape index (κ3) is 3.91. The van der Waals surface area contributed by atoms with E-state index in [9.17, 15) is 18.8 Å². The molecular weight excluding hydrogens is 291 g/mol. The number of nitrogens with one attached hydrogen (secondary N) is 1. The summed E-state index contributed by atoms with van der Waals surface area (Å²) >= 11 is 0. The van der Waals surface area contributed by atoms with Gasteiger partial charge in [0.25, 0.3) is 5.91 Å². The van der Waals surface area contributed by atoms with Gasteiger partial charge in [0.1, 0.15) is 6.17 Å². The Hall–Kier alpha value is -2.22. The van der Waals surface area contributed by atoms with Gasteiger partial charge in [0.2, 0.25) is 11.5 Å². The average molecular weight is 310 g/mol. The second-order valence-electron chi connectivity index (χ2n) is 5.51. The van der Waals surface area contributed by atoms with E-state index in [1.807, 2.05) is 0 Å². The third-order valence-electron chi connectivity index (χ3n) is 3.70. The van der Waals surface area contributed by atoms with Crippen LogP contribution in [0.1, 0.15) is 16.8 Å². The minimum atomic E-state index is -1.03. The molecule has 7 nitrogen and oxygen atoms in total. The van der Waals surface area contributed by atoms with Crippen LogP contribution in [0.3, 0.4) is 0 Å². The Labute approximate surface area is 126 Å². The number of hydrogen-bond donors (Lipinski definition) is 2. The first-order valence-corrected chi connectivity index (χ1v) is 6.97. The van der Waals surface area contributed by atoms with E-state index in [-0.39, 0.29) is 43.6 Å². The van der Waals surface area contributed by atoms with Crippen molar-refractivity contribution in [3.8, 4) is 0 Å². The van der Waals surface area contributed by atoms with Crippen LogP contribution in [-0.2, 0) is 4.79 Å². The average Bonchev–Trinajstić information content (AvgIpc) is 2.77. The zero-order chi connectivity index (χ0) is 16.3. The summed E-state index contributed by atoms with van der Waals surface area (Å²) in [7, 11) is 1.60. The van der Waals surface area contributed by atoms with Crippen LogP contribution >= 0.6 is 0 Å². The quantitative estimate of drug-likeness (QED) is 0.754. The number of likely N-dealkylation sites (N-methyl/N-ethyl adjacent to an activating group) is 1. The van der Waals surface area contributed by atoms with E-state index in [1.54, 1.807) is 11.9 Å². The Balaban J connectivity index is 2.01. The number of rotatable bonds is 5. The van der Waals surface area contributed by atoms with E-state index in [2.05, 4.69) is 4.98 Å². The molecule has 1 fully saturated rings. The maximum atomic E-state index is 13.6. The van der Waals surface area contributed by atoms with Crippen LogP contribution in [0.4, 0.5) is 4.39 Å². The van der Waals surface area contributed by atoms with Crippen molar-refractivity contribution < 1.29 is 14.0 Å². The molecule has 2 heterocycles. The van der Waals surface area contributed by atoms with Crippen LogP contribution < -0.4 is 11.3 Å². The largest absolute Gasteiger partial charge is 0.369 e. The maximum absolute atomic E-state index is 13.6. The van der Waals surface area contributed by atoms with E-state index in [0.717, 1.165) is 0 Å². The number of amides is 2. The van der Waals surface area contributed by atoms with Gasteiger partial charge < -0.3 is 15.6 Å². The second-order valence-corrected chi connectivity index (χ2v) is 5.51. The molecule has 0 aromatic carbocycles. The molecule has 2 amide bonds. The summed E-state index contributed by atoms with van der Waals surface area (Å²) in [6, 6.07) is 2.46. The molecule has 1 aromatic rings. The van der Waals surface area contributed by atoms with Crippen LogP contribution in [0.5, 0.6) is 0 Å². The fourth-order valence-corrected chi connectivity index (χ4v) is 2.67. The van der Waals surface area contributed by atoms with Gasteiger partial charge in [-0.15, -0.1) is 0 Å². The fourth-order valence-electron chi connectivity index (χ4n) is 2.67. The number of halogens is 1. The van der Waals surface area contributed by atoms with Gasteiger partial charge in [-0.3, -0.25) is 19.3 Å². The van der Waals surface area contributed by atoms with Crippen molar-refractivity contribution >= 4 is 11.8 Å². The number of primary amides is 1. The third-order valence-corrected chi connectivity index (χ3v) is 3.70. The van der Waals surface area contributed by atoms with Crippen LogP contribution in [0.2, 0.25) is 0 Å². The van der Waals surface area contributed by atoms with E-state index >= 15 is 0 Å². The molecule has 1 aliphatic rings. The zero-order valence-electron chi connectivity index (χ0n) is 12.3. The Morgan fingerprint density at radius 2 is 2.23 bits per heavy atom. The minimum Gasteiger partial charge on any atom is -0.369 e. The molecule has 1 aliphatic heterocycles. The summed E-state index contributed by atoms with van der Waals surface area (Å²) < 4.78 is 13.6. The molecule has 0 bridgehead atoms. The summed E-state index contributed by atoms with van der Waals surface area (Å²) in [4.78, 5) is 39.8. The van der Waals surface area contributed by atoms with E-state index in [0.29, 0.717) is 5.56 Å². The molecule has 0 unspecified atom stereocenters. The van der Waals surface area contributed by atoms with Crippen LogP contribution in [0, 0.1) is 0 Å². The first kappa shape index (κ1) is 16.2. The molecule has 0 saturated carbocycles. The number of hydrogen-bond acceptors (Lipinski definition) is 4. The van der Waals surface area contributed by atoms with Gasteiger partial charge in [-0.25, -0.2) is 4.39 Å². The molecule has 1 saturated heterocycles. The molecule has 1 aromatic heterocycles. The molecule has 120 valence electrons. The normalized spacial score (nSPS) is 21.7. The number of carbonyl (C=O) groups excluding carboxylic acids is 2. The summed E-state index contributed by atoms with van der Waals surface area (Å²) in [5.74, 6) is -0.800. The first-order valence-electron chi connectivity index (χ1n) is 6.97. The van der Waals surface area contributed by atoms with Gasteiger partial charge in [0.05, 0.1) is 12.1 Å². The van der Waals surface area contributed by atoms with Crippen molar-refractivity contribution in [3.63, 3.8) is 0 Å². The number of pyridine rings is 1. The van der Waals surface area contributed by atoms with Crippen molar-refractivity contribution in [3.05, 3.63) is 34.2 Å². The molecule has 0 spiro atoms. The summed E-state index contributed by atoms with van der Waals surface area (Å²) in [6.07, 6.45) is 0.576. The van der Waals surface area contributed by atoms with Crippen LogP contribution in [0.25, 0.3) is 0 Å². The van der Waals surface area contributed by atoms with Gasteiger partial charge in [-0.2, -0.15) is 0 Å². The number of H-pyrrole nitrogens is 1. The molecule has 2 atom stereocenters. The van der Waals surface area contributed by atoms with Crippen LogP contribution in [0.15, 0.2) is 23.1 Å². The lowest BCUT2D eigenvalue weighted by Crippen LogP contribution is -2.44. The number of carbonyl (C=O) groups is 2. The highest BCUT2D eigenvalue weighted by molar-refractivity contribution is 5.93. The smallest absolute Gasteiger partial charge is 0.255 e. The summed E-state index contributed by atoms with van der Waals surface area (Å²) in [5, 5.41) is 0. The number of likely N-dealkylation sites (tertiary alicyclic amines) is 1. The number of nitrogens with two attached hydrogens (primary N) is 1. The van der Waals surface area contributed by atoms with Gasteiger partial charge in [0, 0.05) is 38.4 Å². The lowest BCUT2D eigenvalue weighted by Gasteiger charge is -2.27. The Morgan fingerprint density at radius 3 is 2.82 bits per heavy atom. The Bertz CT molecular complexity index is 598. The molecular formula is C14H19FN4O3. The second kappa shape index (κ2) is 6.69. The number of aromatic amines is 1. The summed E-state index contributed by atoms with van der Waals surface area (Å²) in [6.45, 7) is 0.408. The summed E-state index contributed by atoms with van der Waals surface area (Å²) in [5.41, 5.74) is 5.22. The van der Waals surface area contributed by atoms with E-state index in [1.165, 1.54) is 23.2 Å². The highest BCUT2D eigenvalue weighted by atomic mass is 19.1. The predicted molar refractivity (Wildman–Crippen MR) is 78.1 cm³/mol. The monoisotopic (exact) mass is 310 g/mol. The van der Waals surface area contributed by atoms with Gasteiger partial charge >= 0.3 is 0 Å². The zero-order valence-corrected chi connectivity index (χ0v) is 12.3. The SMILES string of the molecule is CN(C[C@@H]1C[C@H](F)CN1CC(N)=O)C(=O)c1ccc(=O)[nH]c1. The van der Waals surface area contributed by atoms with E-state index < -0.39 is 12.1 Å². The molecule has 8 heteroatoms. The number of aromatic nitrogens is 1. The molecule has 2 rings (SSSR count). The molecule has 0 radical (unpaired) electrons. The molecule has 0 aliphatic carbocycles. The minimum absolute atomic E-state index is 0.0220.